The molecule has 3 aromatic carbocycles. The molecule has 0 radical (unpaired) electrons. The minimum atomic E-state index is -0.861. The monoisotopic (exact) mass is 357 g/mol. The number of rotatable bonds is 3. The van der Waals surface area contributed by atoms with E-state index in [4.69, 9.17) is 5.73 Å². The Hall–Kier alpha value is -3.02. The van der Waals surface area contributed by atoms with Gasteiger partial charge in [0.15, 0.2) is 5.82 Å². The van der Waals surface area contributed by atoms with Crippen LogP contribution < -0.4 is 10.6 Å². The van der Waals surface area contributed by atoms with Gasteiger partial charge in [-0.05, 0) is 42.3 Å². The van der Waals surface area contributed by atoms with Crippen LogP contribution in [0.1, 0.15) is 12.5 Å². The molecule has 26 heavy (non-hydrogen) atoms. The molecule has 0 aliphatic rings. The summed E-state index contributed by atoms with van der Waals surface area (Å²) in [5.74, 6) is -2.28. The molecule has 3 nitrogen and oxygen atoms in total. The number of aryl methyl sites for hydroxylation is 1. The number of nitrogens with two attached hydrogens (primary N) is 1. The number of halogens is 3. The van der Waals surface area contributed by atoms with Crippen molar-refractivity contribution in [2.45, 2.75) is 13.3 Å². The van der Waals surface area contributed by atoms with Gasteiger partial charge in [0.1, 0.15) is 17.3 Å². The highest BCUT2D eigenvalue weighted by atomic mass is 19.1. The lowest BCUT2D eigenvalue weighted by atomic mass is 10.1. The summed E-state index contributed by atoms with van der Waals surface area (Å²) in [5.41, 5.74) is 7.83. The Balaban J connectivity index is 2.08. The largest absolute Gasteiger partial charge is 0.369 e. The molecule has 0 heterocycles. The SMILES string of the molecule is CCc1cccc(N(C)C(N)=Nc2c(F)cc(F)c3cc(F)ccc23)c1. The quantitative estimate of drug-likeness (QED) is 0.535. The zero-order valence-corrected chi connectivity index (χ0v) is 14.4. The lowest BCUT2D eigenvalue weighted by molar-refractivity contribution is 0.591. The molecule has 0 aromatic heterocycles. The minimum absolute atomic E-state index is 0.0365. The summed E-state index contributed by atoms with van der Waals surface area (Å²) in [6, 6.07) is 11.8. The zero-order chi connectivity index (χ0) is 18.8. The first-order valence-electron chi connectivity index (χ1n) is 8.14. The van der Waals surface area contributed by atoms with Crippen LogP contribution in [0.2, 0.25) is 0 Å². The van der Waals surface area contributed by atoms with Crippen molar-refractivity contribution >= 4 is 28.1 Å². The van der Waals surface area contributed by atoms with Gasteiger partial charge >= 0.3 is 0 Å². The lowest BCUT2D eigenvalue weighted by Crippen LogP contribution is -2.33. The van der Waals surface area contributed by atoms with E-state index in [1.165, 1.54) is 6.07 Å². The molecule has 0 atom stereocenters. The Bertz CT molecular complexity index is 999. The number of hydrogen-bond acceptors (Lipinski definition) is 1. The number of hydrogen-bond donors (Lipinski definition) is 1. The lowest BCUT2D eigenvalue weighted by Gasteiger charge is -2.19. The van der Waals surface area contributed by atoms with E-state index in [-0.39, 0.29) is 22.4 Å². The van der Waals surface area contributed by atoms with Gasteiger partial charge in [0.2, 0.25) is 5.96 Å². The third-order valence-electron chi connectivity index (χ3n) is 4.25. The van der Waals surface area contributed by atoms with Gasteiger partial charge in [0.05, 0.1) is 0 Å². The molecule has 3 rings (SSSR count). The Kier molecular flexibility index (Phi) is 4.84. The maximum absolute atomic E-state index is 14.3. The van der Waals surface area contributed by atoms with Crippen molar-refractivity contribution in [1.29, 1.82) is 0 Å². The third-order valence-corrected chi connectivity index (χ3v) is 4.25. The highest BCUT2D eigenvalue weighted by molar-refractivity contribution is 6.00. The Morgan fingerprint density at radius 1 is 1.00 bits per heavy atom. The van der Waals surface area contributed by atoms with Crippen molar-refractivity contribution < 1.29 is 13.2 Å². The van der Waals surface area contributed by atoms with Crippen LogP contribution in [0.25, 0.3) is 10.8 Å². The Morgan fingerprint density at radius 2 is 1.77 bits per heavy atom. The summed E-state index contributed by atoms with van der Waals surface area (Å²) in [6.07, 6.45) is 0.863. The van der Waals surface area contributed by atoms with Gasteiger partial charge in [0.25, 0.3) is 0 Å². The average molecular weight is 357 g/mol. The summed E-state index contributed by atoms with van der Waals surface area (Å²) in [6.45, 7) is 2.04. The number of benzene rings is 3. The number of fused-ring (bicyclic) bond motifs is 1. The zero-order valence-electron chi connectivity index (χ0n) is 14.4. The van der Waals surface area contributed by atoms with Crippen LogP contribution in [0.15, 0.2) is 53.5 Å². The van der Waals surface area contributed by atoms with E-state index in [9.17, 15) is 13.2 Å². The molecule has 0 amide bonds. The van der Waals surface area contributed by atoms with Gasteiger partial charge in [-0.25, -0.2) is 18.2 Å². The molecule has 6 heteroatoms. The fraction of sp³-hybridized carbons (Fsp3) is 0.150. The molecule has 0 bridgehead atoms. The molecule has 0 aliphatic heterocycles. The topological polar surface area (TPSA) is 41.6 Å². The standard InChI is InChI=1S/C20H18F3N3/c1-3-12-5-4-6-14(9-12)26(2)20(24)25-19-15-8-7-13(21)10-16(15)17(22)11-18(19)23/h4-11H,3H2,1-2H3,(H2,24,25). The maximum Gasteiger partial charge on any atom is 0.200 e. The summed E-state index contributed by atoms with van der Waals surface area (Å²) >= 11 is 0. The first-order chi connectivity index (χ1) is 12.4. The van der Waals surface area contributed by atoms with Crippen LogP contribution >= 0.6 is 0 Å². The molecule has 0 saturated carbocycles. The van der Waals surface area contributed by atoms with Gasteiger partial charge in [-0.15, -0.1) is 0 Å². The van der Waals surface area contributed by atoms with E-state index in [1.54, 1.807) is 11.9 Å². The van der Waals surface area contributed by atoms with E-state index >= 15 is 0 Å². The Labute approximate surface area is 149 Å². The maximum atomic E-state index is 14.3. The first kappa shape index (κ1) is 17.8. The fourth-order valence-corrected chi connectivity index (χ4v) is 2.73. The van der Waals surface area contributed by atoms with Crippen molar-refractivity contribution in [1.82, 2.24) is 0 Å². The van der Waals surface area contributed by atoms with Crippen LogP contribution in [0.3, 0.4) is 0 Å². The molecule has 0 unspecified atom stereocenters. The third kappa shape index (κ3) is 3.35. The van der Waals surface area contributed by atoms with Gasteiger partial charge in [-0.1, -0.05) is 19.1 Å². The second kappa shape index (κ2) is 7.07. The predicted molar refractivity (Wildman–Crippen MR) is 99.3 cm³/mol. The van der Waals surface area contributed by atoms with Gasteiger partial charge in [0, 0.05) is 29.6 Å². The molecule has 0 aliphatic carbocycles. The van der Waals surface area contributed by atoms with Crippen molar-refractivity contribution in [2.24, 2.45) is 10.7 Å². The predicted octanol–water partition coefficient (Wildman–Crippen LogP) is 4.90. The second-order valence-electron chi connectivity index (χ2n) is 5.93. The van der Waals surface area contributed by atoms with E-state index in [0.717, 1.165) is 29.8 Å². The summed E-state index contributed by atoms with van der Waals surface area (Å²) in [4.78, 5) is 5.75. The van der Waals surface area contributed by atoms with E-state index in [1.807, 2.05) is 31.2 Å². The summed E-state index contributed by atoms with van der Waals surface area (Å²) in [7, 11) is 1.71. The van der Waals surface area contributed by atoms with E-state index in [2.05, 4.69) is 4.99 Å². The van der Waals surface area contributed by atoms with Crippen LogP contribution in [0.5, 0.6) is 0 Å². The molecule has 2 N–H and O–H groups in total. The Morgan fingerprint density at radius 3 is 2.50 bits per heavy atom. The van der Waals surface area contributed by atoms with Crippen LogP contribution in [0, 0.1) is 17.5 Å². The van der Waals surface area contributed by atoms with Crippen molar-refractivity contribution in [3.8, 4) is 0 Å². The smallest absolute Gasteiger partial charge is 0.200 e. The summed E-state index contributed by atoms with van der Waals surface area (Å²) in [5, 5.41) is 0.108. The molecular formula is C20H18F3N3. The van der Waals surface area contributed by atoms with Crippen LogP contribution in [-0.2, 0) is 6.42 Å². The van der Waals surface area contributed by atoms with Gasteiger partial charge < -0.3 is 10.6 Å². The molecule has 134 valence electrons. The molecule has 0 spiro atoms. The van der Waals surface area contributed by atoms with Crippen LogP contribution in [0.4, 0.5) is 24.5 Å². The molecule has 0 saturated heterocycles. The number of anilines is 1. The average Bonchev–Trinajstić information content (AvgIpc) is 2.64. The second-order valence-corrected chi connectivity index (χ2v) is 5.93. The molecular weight excluding hydrogens is 339 g/mol. The number of nitrogens with zero attached hydrogens (tertiary/aromatic N) is 2. The fourth-order valence-electron chi connectivity index (χ4n) is 2.73. The molecule has 3 aromatic rings. The van der Waals surface area contributed by atoms with Crippen molar-refractivity contribution in [3.63, 3.8) is 0 Å². The normalized spacial score (nSPS) is 11.8. The first-order valence-corrected chi connectivity index (χ1v) is 8.14. The highest BCUT2D eigenvalue weighted by Gasteiger charge is 2.15. The van der Waals surface area contributed by atoms with Crippen LogP contribution in [-0.4, -0.2) is 13.0 Å². The summed E-state index contributed by atoms with van der Waals surface area (Å²) < 4.78 is 41.7. The number of aliphatic imine (C=N–C) groups is 1. The van der Waals surface area contributed by atoms with Gasteiger partial charge in [-0.3, -0.25) is 0 Å². The number of guanidine groups is 1. The minimum Gasteiger partial charge on any atom is -0.369 e. The molecule has 0 fully saturated rings. The van der Waals surface area contributed by atoms with E-state index in [0.29, 0.717) is 6.07 Å². The van der Waals surface area contributed by atoms with E-state index < -0.39 is 17.5 Å². The van der Waals surface area contributed by atoms with Crippen molar-refractivity contribution in [3.05, 3.63) is 71.5 Å². The van der Waals surface area contributed by atoms with Crippen molar-refractivity contribution in [2.75, 3.05) is 11.9 Å². The van der Waals surface area contributed by atoms with Gasteiger partial charge in [-0.2, -0.15) is 0 Å². The highest BCUT2D eigenvalue weighted by Crippen LogP contribution is 2.32.